The van der Waals surface area contributed by atoms with Gasteiger partial charge in [0.15, 0.2) is 0 Å². The first-order valence-corrected chi connectivity index (χ1v) is 5.23. The highest BCUT2D eigenvalue weighted by Gasteiger charge is 2.31. The van der Waals surface area contributed by atoms with Gasteiger partial charge in [-0.05, 0) is 26.8 Å². The van der Waals surface area contributed by atoms with Gasteiger partial charge in [0.25, 0.3) is 0 Å². The monoisotopic (exact) mass is 241 g/mol. The molecule has 0 atom stereocenters. The third-order valence-corrected chi connectivity index (χ3v) is 1.66. The maximum absolute atomic E-state index is 12.1. The molecule has 0 unspecified atom stereocenters. The Bertz CT molecular complexity index is 217. The summed E-state index contributed by atoms with van der Waals surface area (Å²) in [6.07, 6.45) is -4.03. The SMILES string of the molecule is CCCN(CC(=O)OC(C)C)CC(F)(F)F. The molecule has 0 aliphatic carbocycles. The summed E-state index contributed by atoms with van der Waals surface area (Å²) in [5, 5.41) is 0. The molecule has 0 radical (unpaired) electrons. The molecule has 0 N–H and O–H groups in total. The lowest BCUT2D eigenvalue weighted by Crippen LogP contribution is -2.39. The highest BCUT2D eigenvalue weighted by Crippen LogP contribution is 2.16. The Morgan fingerprint density at radius 3 is 2.31 bits per heavy atom. The molecule has 0 heterocycles. The van der Waals surface area contributed by atoms with Gasteiger partial charge >= 0.3 is 12.1 Å². The molecule has 0 saturated carbocycles. The van der Waals surface area contributed by atoms with Crippen molar-refractivity contribution in [2.24, 2.45) is 0 Å². The predicted octanol–water partition coefficient (Wildman–Crippen LogP) is 2.21. The number of hydrogen-bond donors (Lipinski definition) is 0. The van der Waals surface area contributed by atoms with Crippen molar-refractivity contribution < 1.29 is 22.7 Å². The maximum atomic E-state index is 12.1. The molecule has 0 aliphatic heterocycles. The first-order chi connectivity index (χ1) is 7.24. The van der Waals surface area contributed by atoms with Crippen LogP contribution < -0.4 is 0 Å². The topological polar surface area (TPSA) is 29.5 Å². The average Bonchev–Trinajstić information content (AvgIpc) is 1.98. The summed E-state index contributed by atoms with van der Waals surface area (Å²) in [4.78, 5) is 12.2. The van der Waals surface area contributed by atoms with Gasteiger partial charge in [-0.3, -0.25) is 9.69 Å². The standard InChI is InChI=1S/C10H18F3NO2/c1-4-5-14(7-10(11,12)13)6-9(15)16-8(2)3/h8H,4-7H2,1-3H3. The number of carbonyl (C=O) groups excluding carboxylic acids is 1. The van der Waals surface area contributed by atoms with Crippen LogP contribution in [0.1, 0.15) is 27.2 Å². The molecule has 16 heavy (non-hydrogen) atoms. The van der Waals surface area contributed by atoms with Gasteiger partial charge in [-0.1, -0.05) is 6.92 Å². The second-order valence-corrected chi connectivity index (χ2v) is 3.86. The van der Waals surface area contributed by atoms with E-state index in [2.05, 4.69) is 0 Å². The second-order valence-electron chi connectivity index (χ2n) is 3.86. The van der Waals surface area contributed by atoms with E-state index in [1.54, 1.807) is 20.8 Å². The van der Waals surface area contributed by atoms with E-state index in [0.717, 1.165) is 4.90 Å². The molecule has 0 aromatic rings. The van der Waals surface area contributed by atoms with Crippen LogP contribution in [0.15, 0.2) is 0 Å². The fourth-order valence-corrected chi connectivity index (χ4v) is 1.27. The van der Waals surface area contributed by atoms with Crippen LogP contribution in [0.3, 0.4) is 0 Å². The number of nitrogens with zero attached hydrogens (tertiary/aromatic N) is 1. The number of rotatable bonds is 6. The average molecular weight is 241 g/mol. The number of esters is 1. The number of carbonyl (C=O) groups is 1. The zero-order valence-electron chi connectivity index (χ0n) is 9.80. The van der Waals surface area contributed by atoms with E-state index in [9.17, 15) is 18.0 Å². The minimum atomic E-state index is -4.28. The molecule has 96 valence electrons. The molecule has 3 nitrogen and oxygen atoms in total. The lowest BCUT2D eigenvalue weighted by Gasteiger charge is -2.22. The van der Waals surface area contributed by atoms with E-state index in [4.69, 9.17) is 4.74 Å². The lowest BCUT2D eigenvalue weighted by atomic mass is 10.4. The highest BCUT2D eigenvalue weighted by atomic mass is 19.4. The number of alkyl halides is 3. The maximum Gasteiger partial charge on any atom is 0.401 e. The van der Waals surface area contributed by atoms with Crippen molar-refractivity contribution in [1.82, 2.24) is 4.90 Å². The van der Waals surface area contributed by atoms with Crippen LogP contribution in [0.5, 0.6) is 0 Å². The summed E-state index contributed by atoms with van der Waals surface area (Å²) in [6.45, 7) is 3.92. The van der Waals surface area contributed by atoms with Crippen LogP contribution in [0.4, 0.5) is 13.2 Å². The zero-order chi connectivity index (χ0) is 12.8. The molecule has 0 aliphatic rings. The van der Waals surface area contributed by atoms with Crippen LogP contribution in [0, 0.1) is 0 Å². The van der Waals surface area contributed by atoms with Crippen molar-refractivity contribution in [3.8, 4) is 0 Å². The van der Waals surface area contributed by atoms with Gasteiger partial charge in [-0.2, -0.15) is 13.2 Å². The molecular weight excluding hydrogens is 223 g/mol. The van der Waals surface area contributed by atoms with Gasteiger partial charge in [0, 0.05) is 0 Å². The van der Waals surface area contributed by atoms with E-state index in [1.807, 2.05) is 0 Å². The molecule has 0 aromatic carbocycles. The van der Waals surface area contributed by atoms with E-state index >= 15 is 0 Å². The van der Waals surface area contributed by atoms with Crippen LogP contribution >= 0.6 is 0 Å². The Balaban J connectivity index is 4.17. The van der Waals surface area contributed by atoms with Gasteiger partial charge in [-0.25, -0.2) is 0 Å². The van der Waals surface area contributed by atoms with Crippen LogP contribution in [0.25, 0.3) is 0 Å². The Kier molecular flexibility index (Phi) is 6.40. The molecule has 0 amide bonds. The molecule has 0 rings (SSSR count). The van der Waals surface area contributed by atoms with Crippen molar-refractivity contribution in [2.45, 2.75) is 39.5 Å². The minimum absolute atomic E-state index is 0.229. The summed E-state index contributed by atoms with van der Waals surface area (Å²) in [5.41, 5.74) is 0. The quantitative estimate of drug-likeness (QED) is 0.668. The lowest BCUT2D eigenvalue weighted by molar-refractivity contribution is -0.159. The molecule has 0 spiro atoms. The molecule has 0 aromatic heterocycles. The Labute approximate surface area is 93.6 Å². The van der Waals surface area contributed by atoms with Crippen LogP contribution in [-0.4, -0.2) is 42.8 Å². The van der Waals surface area contributed by atoms with E-state index in [1.165, 1.54) is 0 Å². The highest BCUT2D eigenvalue weighted by molar-refractivity contribution is 5.71. The first-order valence-electron chi connectivity index (χ1n) is 5.23. The molecular formula is C10H18F3NO2. The summed E-state index contributed by atoms with van der Waals surface area (Å²) in [5.74, 6) is -0.618. The third-order valence-electron chi connectivity index (χ3n) is 1.66. The van der Waals surface area contributed by atoms with Crippen LogP contribution in [0.2, 0.25) is 0 Å². The smallest absolute Gasteiger partial charge is 0.401 e. The number of ether oxygens (including phenoxy) is 1. The Hall–Kier alpha value is -0.780. The Morgan fingerprint density at radius 2 is 1.94 bits per heavy atom. The van der Waals surface area contributed by atoms with Crippen molar-refractivity contribution in [1.29, 1.82) is 0 Å². The molecule has 0 bridgehead atoms. The van der Waals surface area contributed by atoms with Gasteiger partial charge in [0.05, 0.1) is 19.2 Å². The van der Waals surface area contributed by atoms with E-state index < -0.39 is 18.7 Å². The Morgan fingerprint density at radius 1 is 1.38 bits per heavy atom. The van der Waals surface area contributed by atoms with Gasteiger partial charge in [0.1, 0.15) is 0 Å². The molecule has 0 saturated heterocycles. The zero-order valence-corrected chi connectivity index (χ0v) is 9.80. The fraction of sp³-hybridized carbons (Fsp3) is 0.900. The predicted molar refractivity (Wildman–Crippen MR) is 54.0 cm³/mol. The van der Waals surface area contributed by atoms with E-state index in [0.29, 0.717) is 6.42 Å². The summed E-state index contributed by atoms with van der Waals surface area (Å²) >= 11 is 0. The van der Waals surface area contributed by atoms with Crippen molar-refractivity contribution >= 4 is 5.97 Å². The second kappa shape index (κ2) is 6.73. The fourth-order valence-electron chi connectivity index (χ4n) is 1.27. The molecule has 0 fully saturated rings. The first kappa shape index (κ1) is 15.2. The number of hydrogen-bond acceptors (Lipinski definition) is 3. The van der Waals surface area contributed by atoms with Crippen molar-refractivity contribution in [3.05, 3.63) is 0 Å². The number of halogens is 3. The van der Waals surface area contributed by atoms with Crippen LogP contribution in [-0.2, 0) is 9.53 Å². The molecule has 6 heteroatoms. The third kappa shape index (κ3) is 8.52. The van der Waals surface area contributed by atoms with E-state index in [-0.39, 0.29) is 19.2 Å². The van der Waals surface area contributed by atoms with Gasteiger partial charge < -0.3 is 4.74 Å². The summed E-state index contributed by atoms with van der Waals surface area (Å²) in [6, 6.07) is 0. The normalized spacial score (nSPS) is 12.2. The van der Waals surface area contributed by atoms with Gasteiger partial charge in [-0.15, -0.1) is 0 Å². The van der Waals surface area contributed by atoms with Crippen molar-refractivity contribution in [2.75, 3.05) is 19.6 Å². The summed E-state index contributed by atoms with van der Waals surface area (Å²) < 4.78 is 41.2. The summed E-state index contributed by atoms with van der Waals surface area (Å²) in [7, 11) is 0. The van der Waals surface area contributed by atoms with Gasteiger partial charge in [0.2, 0.25) is 0 Å². The minimum Gasteiger partial charge on any atom is -0.462 e. The van der Waals surface area contributed by atoms with Crippen molar-refractivity contribution in [3.63, 3.8) is 0 Å². The largest absolute Gasteiger partial charge is 0.462 e.